The van der Waals surface area contributed by atoms with Gasteiger partial charge in [0.15, 0.2) is 4.67 Å². The van der Waals surface area contributed by atoms with Crippen LogP contribution >= 0.6 is 27.3 Å². The fraction of sp³-hybridized carbons (Fsp3) is 0.250. The third-order valence-electron chi connectivity index (χ3n) is 2.94. The molecule has 17 heavy (non-hydrogen) atoms. The number of amides is 1. The number of hydrogen-bond acceptors (Lipinski definition) is 3. The fourth-order valence-corrected chi connectivity index (χ4v) is 3.34. The predicted octanol–water partition coefficient (Wildman–Crippen LogP) is 3.30. The molecule has 2 aromatic rings. The molecule has 0 atom stereocenters. The molecule has 0 saturated heterocycles. The lowest BCUT2D eigenvalue weighted by Crippen LogP contribution is -2.35. The Hall–Kier alpha value is -1.07. The molecule has 0 saturated carbocycles. The summed E-state index contributed by atoms with van der Waals surface area (Å²) in [6.07, 6.45) is 2.48. The van der Waals surface area contributed by atoms with E-state index in [1.165, 1.54) is 16.7 Å². The standard InChI is InChI=1S/C12H10BrNO2S/c13-11-9(2-5-16-11)12(15)14-4-1-10-8(7-14)3-6-17-10/h2-3,5-6H,1,4,7H2. The number of carbonyl (C=O) groups excluding carboxylic acids is 1. The van der Waals surface area contributed by atoms with Crippen LogP contribution < -0.4 is 0 Å². The molecule has 0 N–H and O–H groups in total. The van der Waals surface area contributed by atoms with Crippen molar-refractivity contribution in [2.75, 3.05) is 6.54 Å². The lowest BCUT2D eigenvalue weighted by Gasteiger charge is -2.26. The first-order chi connectivity index (χ1) is 8.25. The molecule has 1 amide bonds. The smallest absolute Gasteiger partial charge is 0.258 e. The van der Waals surface area contributed by atoms with Gasteiger partial charge >= 0.3 is 0 Å². The quantitative estimate of drug-likeness (QED) is 0.809. The van der Waals surface area contributed by atoms with E-state index >= 15 is 0 Å². The Bertz CT molecular complexity index is 560. The van der Waals surface area contributed by atoms with Crippen molar-refractivity contribution >= 4 is 33.2 Å². The highest BCUT2D eigenvalue weighted by Gasteiger charge is 2.24. The Morgan fingerprint density at radius 2 is 2.35 bits per heavy atom. The SMILES string of the molecule is O=C(c1ccoc1Br)N1CCc2sccc2C1. The van der Waals surface area contributed by atoms with Crippen LogP contribution in [0.2, 0.25) is 0 Å². The van der Waals surface area contributed by atoms with E-state index in [-0.39, 0.29) is 5.91 Å². The summed E-state index contributed by atoms with van der Waals surface area (Å²) in [5, 5.41) is 2.09. The van der Waals surface area contributed by atoms with Gasteiger partial charge in [0.25, 0.3) is 5.91 Å². The van der Waals surface area contributed by atoms with E-state index in [1.807, 2.05) is 4.90 Å². The predicted molar refractivity (Wildman–Crippen MR) is 69.2 cm³/mol. The highest BCUT2D eigenvalue weighted by Crippen LogP contribution is 2.26. The topological polar surface area (TPSA) is 33.5 Å². The Morgan fingerprint density at radius 3 is 3.12 bits per heavy atom. The second-order valence-electron chi connectivity index (χ2n) is 3.95. The molecule has 3 nitrogen and oxygen atoms in total. The Kier molecular flexibility index (Phi) is 2.80. The lowest BCUT2D eigenvalue weighted by molar-refractivity contribution is 0.0734. The summed E-state index contributed by atoms with van der Waals surface area (Å²) < 4.78 is 5.61. The van der Waals surface area contributed by atoms with E-state index in [9.17, 15) is 4.79 Å². The van der Waals surface area contributed by atoms with Gasteiger partial charge in [0.1, 0.15) is 0 Å². The van der Waals surface area contributed by atoms with Gasteiger partial charge in [-0.1, -0.05) is 0 Å². The minimum absolute atomic E-state index is 0.0301. The normalized spacial score (nSPS) is 14.8. The van der Waals surface area contributed by atoms with Crippen molar-refractivity contribution < 1.29 is 9.21 Å². The fourth-order valence-electron chi connectivity index (χ4n) is 2.04. The zero-order valence-corrected chi connectivity index (χ0v) is 11.4. The monoisotopic (exact) mass is 311 g/mol. The maximum absolute atomic E-state index is 12.3. The van der Waals surface area contributed by atoms with E-state index in [0.717, 1.165) is 13.0 Å². The van der Waals surface area contributed by atoms with E-state index in [0.29, 0.717) is 16.8 Å². The first-order valence-corrected chi connectivity index (χ1v) is 7.00. The van der Waals surface area contributed by atoms with Crippen LogP contribution in [0.4, 0.5) is 0 Å². The van der Waals surface area contributed by atoms with Crippen molar-refractivity contribution in [1.82, 2.24) is 4.90 Å². The van der Waals surface area contributed by atoms with Crippen molar-refractivity contribution in [2.24, 2.45) is 0 Å². The van der Waals surface area contributed by atoms with Crippen LogP contribution in [0.1, 0.15) is 20.8 Å². The van der Waals surface area contributed by atoms with Gasteiger partial charge in [-0.05, 0) is 45.4 Å². The second kappa shape index (κ2) is 4.31. The number of halogens is 1. The molecule has 0 bridgehead atoms. The van der Waals surface area contributed by atoms with Gasteiger partial charge in [0.05, 0.1) is 11.8 Å². The Labute approximate surface area is 111 Å². The van der Waals surface area contributed by atoms with Gasteiger partial charge in [-0.15, -0.1) is 11.3 Å². The molecular formula is C12H10BrNO2S. The second-order valence-corrected chi connectivity index (χ2v) is 5.67. The van der Waals surface area contributed by atoms with Crippen LogP contribution in [-0.2, 0) is 13.0 Å². The van der Waals surface area contributed by atoms with Crippen LogP contribution in [-0.4, -0.2) is 17.4 Å². The number of hydrogen-bond donors (Lipinski definition) is 0. The molecule has 88 valence electrons. The van der Waals surface area contributed by atoms with Gasteiger partial charge in [-0.25, -0.2) is 0 Å². The molecule has 0 aliphatic carbocycles. The number of nitrogens with zero attached hydrogens (tertiary/aromatic N) is 1. The van der Waals surface area contributed by atoms with Crippen molar-refractivity contribution in [3.63, 3.8) is 0 Å². The molecule has 1 aliphatic rings. The Balaban J connectivity index is 1.84. The largest absolute Gasteiger partial charge is 0.457 e. The molecule has 3 rings (SSSR count). The van der Waals surface area contributed by atoms with Crippen LogP contribution in [0.3, 0.4) is 0 Å². The number of rotatable bonds is 1. The van der Waals surface area contributed by atoms with Gasteiger partial charge in [-0.3, -0.25) is 4.79 Å². The van der Waals surface area contributed by atoms with Gasteiger partial charge in [-0.2, -0.15) is 0 Å². The van der Waals surface area contributed by atoms with Crippen molar-refractivity contribution in [3.05, 3.63) is 44.4 Å². The van der Waals surface area contributed by atoms with E-state index < -0.39 is 0 Å². The molecule has 0 fully saturated rings. The maximum Gasteiger partial charge on any atom is 0.258 e. The van der Waals surface area contributed by atoms with E-state index in [1.54, 1.807) is 17.4 Å². The van der Waals surface area contributed by atoms with Gasteiger partial charge in [0.2, 0.25) is 0 Å². The average Bonchev–Trinajstić information content (AvgIpc) is 2.95. The highest BCUT2D eigenvalue weighted by molar-refractivity contribution is 9.10. The molecule has 0 aromatic carbocycles. The number of furan rings is 1. The summed E-state index contributed by atoms with van der Waals surface area (Å²) in [6, 6.07) is 3.80. The number of carbonyl (C=O) groups is 1. The number of thiophene rings is 1. The van der Waals surface area contributed by atoms with Gasteiger partial charge in [0, 0.05) is 18.0 Å². The molecule has 3 heterocycles. The minimum Gasteiger partial charge on any atom is -0.457 e. The van der Waals surface area contributed by atoms with Crippen molar-refractivity contribution in [2.45, 2.75) is 13.0 Å². The molecule has 0 radical (unpaired) electrons. The summed E-state index contributed by atoms with van der Waals surface area (Å²) in [5.41, 5.74) is 1.87. The maximum atomic E-state index is 12.3. The molecule has 0 unspecified atom stereocenters. The average molecular weight is 312 g/mol. The van der Waals surface area contributed by atoms with Crippen LogP contribution in [0.5, 0.6) is 0 Å². The summed E-state index contributed by atoms with van der Waals surface area (Å²) in [6.45, 7) is 1.49. The number of fused-ring (bicyclic) bond motifs is 1. The van der Waals surface area contributed by atoms with Crippen LogP contribution in [0.15, 0.2) is 32.9 Å². The van der Waals surface area contributed by atoms with Crippen molar-refractivity contribution in [3.8, 4) is 0 Å². The summed E-state index contributed by atoms with van der Waals surface area (Å²) in [7, 11) is 0. The zero-order chi connectivity index (χ0) is 11.8. The third kappa shape index (κ3) is 1.93. The van der Waals surface area contributed by atoms with E-state index in [4.69, 9.17) is 4.42 Å². The van der Waals surface area contributed by atoms with E-state index in [2.05, 4.69) is 27.4 Å². The molecule has 0 spiro atoms. The highest BCUT2D eigenvalue weighted by atomic mass is 79.9. The van der Waals surface area contributed by atoms with Crippen LogP contribution in [0, 0.1) is 0 Å². The third-order valence-corrected chi connectivity index (χ3v) is 4.58. The minimum atomic E-state index is 0.0301. The van der Waals surface area contributed by atoms with Crippen molar-refractivity contribution in [1.29, 1.82) is 0 Å². The van der Waals surface area contributed by atoms with Crippen LogP contribution in [0.25, 0.3) is 0 Å². The summed E-state index contributed by atoms with van der Waals surface area (Å²) in [4.78, 5) is 15.5. The molecule has 5 heteroatoms. The first kappa shape index (κ1) is 11.0. The van der Waals surface area contributed by atoms with Gasteiger partial charge < -0.3 is 9.32 Å². The lowest BCUT2D eigenvalue weighted by atomic mass is 10.1. The zero-order valence-electron chi connectivity index (χ0n) is 8.98. The first-order valence-electron chi connectivity index (χ1n) is 5.33. The molecule has 1 aliphatic heterocycles. The Morgan fingerprint density at radius 1 is 1.47 bits per heavy atom. The summed E-state index contributed by atoms with van der Waals surface area (Å²) in [5.74, 6) is 0.0301. The molecular weight excluding hydrogens is 302 g/mol. The molecule has 2 aromatic heterocycles. The summed E-state index contributed by atoms with van der Waals surface area (Å²) >= 11 is 5.02.